The second-order valence-corrected chi connectivity index (χ2v) is 4.33. The lowest BCUT2D eigenvalue weighted by molar-refractivity contribution is -0.138. The Kier molecular flexibility index (Phi) is 3.81. The van der Waals surface area contributed by atoms with E-state index in [-0.39, 0.29) is 6.54 Å². The molecule has 0 radical (unpaired) electrons. The number of carbonyl (C=O) groups is 1. The summed E-state index contributed by atoms with van der Waals surface area (Å²) in [6.45, 7) is 3.13. The van der Waals surface area contributed by atoms with Crippen LogP contribution >= 0.6 is 11.6 Å². The maximum Gasteiger partial charge on any atom is 0.317 e. The van der Waals surface area contributed by atoms with Crippen LogP contribution in [0, 0.1) is 0 Å². The van der Waals surface area contributed by atoms with Gasteiger partial charge in [-0.1, -0.05) is 11.6 Å². The van der Waals surface area contributed by atoms with Crippen molar-refractivity contribution in [3.05, 3.63) is 23.5 Å². The van der Waals surface area contributed by atoms with E-state index in [4.69, 9.17) is 16.7 Å². The first-order chi connectivity index (χ1) is 8.16. The van der Waals surface area contributed by atoms with Crippen molar-refractivity contribution in [1.82, 2.24) is 9.88 Å². The molecule has 5 nitrogen and oxygen atoms in total. The van der Waals surface area contributed by atoms with Crippen molar-refractivity contribution in [2.75, 3.05) is 37.6 Å². The van der Waals surface area contributed by atoms with Crippen LogP contribution in [0.25, 0.3) is 0 Å². The number of nitrogens with zero attached hydrogens (tertiary/aromatic N) is 3. The highest BCUT2D eigenvalue weighted by Gasteiger charge is 2.20. The van der Waals surface area contributed by atoms with Crippen molar-refractivity contribution in [3.63, 3.8) is 0 Å². The lowest BCUT2D eigenvalue weighted by Gasteiger charge is -2.35. The molecule has 0 spiro atoms. The minimum atomic E-state index is -0.780. The van der Waals surface area contributed by atoms with Crippen LogP contribution < -0.4 is 4.90 Å². The van der Waals surface area contributed by atoms with Gasteiger partial charge in [0.1, 0.15) is 0 Å². The molecule has 0 aromatic carbocycles. The van der Waals surface area contributed by atoms with Gasteiger partial charge in [0.15, 0.2) is 5.15 Å². The van der Waals surface area contributed by atoms with Crippen molar-refractivity contribution in [2.24, 2.45) is 0 Å². The third-order valence-corrected chi connectivity index (χ3v) is 3.10. The van der Waals surface area contributed by atoms with E-state index in [1.807, 2.05) is 17.0 Å². The highest BCUT2D eigenvalue weighted by Crippen LogP contribution is 2.23. The Balaban J connectivity index is 1.95. The SMILES string of the molecule is O=C(O)CN1CCN(c2cccnc2Cl)CC1. The topological polar surface area (TPSA) is 56.7 Å². The fourth-order valence-corrected chi connectivity index (χ4v) is 2.19. The smallest absolute Gasteiger partial charge is 0.317 e. The van der Waals surface area contributed by atoms with Crippen LogP contribution in [-0.4, -0.2) is 53.7 Å². The third kappa shape index (κ3) is 3.08. The van der Waals surface area contributed by atoms with Gasteiger partial charge in [-0.3, -0.25) is 9.69 Å². The van der Waals surface area contributed by atoms with E-state index in [1.165, 1.54) is 0 Å². The molecule has 0 bridgehead atoms. The quantitative estimate of drug-likeness (QED) is 0.815. The summed E-state index contributed by atoms with van der Waals surface area (Å²) < 4.78 is 0. The van der Waals surface area contributed by atoms with Gasteiger partial charge in [-0.25, -0.2) is 4.98 Å². The summed E-state index contributed by atoms with van der Waals surface area (Å²) in [6, 6.07) is 3.78. The van der Waals surface area contributed by atoms with Gasteiger partial charge >= 0.3 is 5.97 Å². The summed E-state index contributed by atoms with van der Waals surface area (Å²) in [6.07, 6.45) is 1.66. The second kappa shape index (κ2) is 5.33. The molecule has 1 aliphatic rings. The number of rotatable bonds is 3. The minimum Gasteiger partial charge on any atom is -0.480 e. The number of halogens is 1. The molecule has 1 aliphatic heterocycles. The minimum absolute atomic E-state index is 0.106. The van der Waals surface area contributed by atoms with E-state index in [0.29, 0.717) is 5.15 Å². The maximum absolute atomic E-state index is 10.6. The Morgan fingerprint density at radius 1 is 1.41 bits per heavy atom. The fraction of sp³-hybridized carbons (Fsp3) is 0.455. The number of aliphatic carboxylic acids is 1. The van der Waals surface area contributed by atoms with Crippen LogP contribution in [-0.2, 0) is 4.79 Å². The monoisotopic (exact) mass is 255 g/mol. The Bertz CT molecular complexity index is 405. The average Bonchev–Trinajstić information content (AvgIpc) is 2.30. The number of carboxylic acids is 1. The number of carboxylic acid groups (broad SMARTS) is 1. The van der Waals surface area contributed by atoms with Crippen LogP contribution in [0.4, 0.5) is 5.69 Å². The molecule has 0 unspecified atom stereocenters. The molecule has 0 saturated carbocycles. The fourth-order valence-electron chi connectivity index (χ4n) is 1.95. The molecule has 2 heterocycles. The zero-order chi connectivity index (χ0) is 12.3. The van der Waals surface area contributed by atoms with Gasteiger partial charge in [-0.05, 0) is 12.1 Å². The van der Waals surface area contributed by atoms with Gasteiger partial charge in [0.05, 0.1) is 12.2 Å². The molecular weight excluding hydrogens is 242 g/mol. The van der Waals surface area contributed by atoms with E-state index >= 15 is 0 Å². The van der Waals surface area contributed by atoms with Gasteiger partial charge in [0.2, 0.25) is 0 Å². The van der Waals surface area contributed by atoms with Gasteiger partial charge in [0, 0.05) is 32.4 Å². The zero-order valence-corrected chi connectivity index (χ0v) is 10.1. The molecule has 17 heavy (non-hydrogen) atoms. The lowest BCUT2D eigenvalue weighted by atomic mass is 10.2. The predicted molar refractivity (Wildman–Crippen MR) is 65.5 cm³/mol. The van der Waals surface area contributed by atoms with E-state index in [2.05, 4.69) is 9.88 Å². The first kappa shape index (κ1) is 12.1. The number of hydrogen-bond donors (Lipinski definition) is 1. The van der Waals surface area contributed by atoms with Gasteiger partial charge in [-0.15, -0.1) is 0 Å². The summed E-state index contributed by atoms with van der Waals surface area (Å²) in [5.74, 6) is -0.780. The van der Waals surface area contributed by atoms with E-state index in [0.717, 1.165) is 31.9 Å². The van der Waals surface area contributed by atoms with Crippen LogP contribution in [0.3, 0.4) is 0 Å². The lowest BCUT2D eigenvalue weighted by Crippen LogP contribution is -2.48. The van der Waals surface area contributed by atoms with E-state index in [9.17, 15) is 4.79 Å². The number of piperazine rings is 1. The van der Waals surface area contributed by atoms with Crippen LogP contribution in [0.2, 0.25) is 5.15 Å². The molecule has 92 valence electrons. The van der Waals surface area contributed by atoms with Crippen molar-refractivity contribution >= 4 is 23.3 Å². The van der Waals surface area contributed by atoms with Crippen molar-refractivity contribution < 1.29 is 9.90 Å². The van der Waals surface area contributed by atoms with Gasteiger partial charge in [-0.2, -0.15) is 0 Å². The molecule has 1 saturated heterocycles. The van der Waals surface area contributed by atoms with E-state index in [1.54, 1.807) is 6.20 Å². The summed E-state index contributed by atoms with van der Waals surface area (Å²) in [5.41, 5.74) is 0.921. The standard InChI is InChI=1S/C11H14ClN3O2/c12-11-9(2-1-3-13-11)15-6-4-14(5-7-15)8-10(16)17/h1-3H,4-8H2,(H,16,17). The normalized spacial score (nSPS) is 17.1. The highest BCUT2D eigenvalue weighted by molar-refractivity contribution is 6.32. The molecule has 6 heteroatoms. The molecule has 2 rings (SSSR count). The average molecular weight is 256 g/mol. The van der Waals surface area contributed by atoms with Gasteiger partial charge in [0.25, 0.3) is 0 Å². The molecule has 0 amide bonds. The second-order valence-electron chi connectivity index (χ2n) is 3.97. The van der Waals surface area contributed by atoms with Crippen molar-refractivity contribution in [1.29, 1.82) is 0 Å². The first-order valence-electron chi connectivity index (χ1n) is 5.46. The van der Waals surface area contributed by atoms with Crippen molar-refractivity contribution in [3.8, 4) is 0 Å². The number of anilines is 1. The number of hydrogen-bond acceptors (Lipinski definition) is 4. The summed E-state index contributed by atoms with van der Waals surface area (Å²) in [4.78, 5) is 18.7. The Morgan fingerprint density at radius 2 is 2.12 bits per heavy atom. The molecule has 1 aromatic heterocycles. The Labute approximate surface area is 105 Å². The largest absolute Gasteiger partial charge is 0.480 e. The Hall–Kier alpha value is -1.33. The highest BCUT2D eigenvalue weighted by atomic mass is 35.5. The van der Waals surface area contributed by atoms with E-state index < -0.39 is 5.97 Å². The number of pyridine rings is 1. The Morgan fingerprint density at radius 3 is 2.71 bits per heavy atom. The molecule has 0 aliphatic carbocycles. The maximum atomic E-state index is 10.6. The van der Waals surface area contributed by atoms with Crippen LogP contribution in [0.1, 0.15) is 0 Å². The molecule has 0 atom stereocenters. The first-order valence-corrected chi connectivity index (χ1v) is 5.84. The summed E-state index contributed by atoms with van der Waals surface area (Å²) >= 11 is 6.02. The summed E-state index contributed by atoms with van der Waals surface area (Å²) in [5, 5.41) is 9.21. The van der Waals surface area contributed by atoms with Crippen molar-refractivity contribution in [2.45, 2.75) is 0 Å². The predicted octanol–water partition coefficient (Wildman–Crippen LogP) is 0.942. The van der Waals surface area contributed by atoms with Crippen LogP contribution in [0.5, 0.6) is 0 Å². The van der Waals surface area contributed by atoms with Crippen LogP contribution in [0.15, 0.2) is 18.3 Å². The zero-order valence-electron chi connectivity index (χ0n) is 9.34. The third-order valence-electron chi connectivity index (χ3n) is 2.81. The van der Waals surface area contributed by atoms with Gasteiger partial charge < -0.3 is 10.0 Å². The number of aromatic nitrogens is 1. The molecule has 1 N–H and O–H groups in total. The molecule has 1 fully saturated rings. The molecule has 1 aromatic rings. The molecular formula is C11H14ClN3O2. The summed E-state index contributed by atoms with van der Waals surface area (Å²) in [7, 11) is 0.